The van der Waals surface area contributed by atoms with Crippen LogP contribution in [0.25, 0.3) is 0 Å². The molecule has 0 aliphatic carbocycles. The summed E-state index contributed by atoms with van der Waals surface area (Å²) in [6.07, 6.45) is -3.24. The highest BCUT2D eigenvalue weighted by Crippen LogP contribution is 2.30. The van der Waals surface area contributed by atoms with Crippen LogP contribution in [-0.4, -0.2) is 9.91 Å². The maximum absolute atomic E-state index is 12.8. The van der Waals surface area contributed by atoms with Crippen molar-refractivity contribution in [1.29, 1.82) is 0 Å². The number of pyridine rings is 1. The predicted octanol–water partition coefficient (Wildman–Crippen LogP) is 1.65. The zero-order valence-electron chi connectivity index (χ0n) is 6.58. The van der Waals surface area contributed by atoms with Crippen molar-refractivity contribution in [2.45, 2.75) is 6.43 Å². The van der Waals surface area contributed by atoms with Crippen LogP contribution < -0.4 is 5.73 Å². The Morgan fingerprint density at radius 1 is 1.57 bits per heavy atom. The number of aromatic nitrogens is 1. The van der Waals surface area contributed by atoms with Crippen LogP contribution in [-0.2, 0) is 0 Å². The standard InChI is InChI=1S/C6H4F3N3O2/c7-2-1-3(10)11-4(6(8)9)5(2)12(13)14/h1,6H,(H2,10,11). The molecule has 14 heavy (non-hydrogen) atoms. The van der Waals surface area contributed by atoms with Gasteiger partial charge in [0, 0.05) is 6.07 Å². The number of nitrogens with zero attached hydrogens (tertiary/aromatic N) is 2. The first-order valence-electron chi connectivity index (χ1n) is 3.32. The Kier molecular flexibility index (Phi) is 2.54. The number of hydrogen-bond acceptors (Lipinski definition) is 4. The highest BCUT2D eigenvalue weighted by Gasteiger charge is 2.28. The topological polar surface area (TPSA) is 82.0 Å². The Morgan fingerprint density at radius 3 is 2.57 bits per heavy atom. The van der Waals surface area contributed by atoms with Gasteiger partial charge in [-0.1, -0.05) is 0 Å². The van der Waals surface area contributed by atoms with Crippen LogP contribution in [0, 0.1) is 15.9 Å². The number of rotatable bonds is 2. The SMILES string of the molecule is Nc1cc(F)c([N+](=O)[O-])c(C(F)F)n1. The van der Waals surface area contributed by atoms with Gasteiger partial charge in [-0.05, 0) is 0 Å². The molecule has 0 atom stereocenters. The molecule has 1 aromatic rings. The summed E-state index contributed by atoms with van der Waals surface area (Å²) >= 11 is 0. The van der Waals surface area contributed by atoms with E-state index in [0.717, 1.165) is 0 Å². The van der Waals surface area contributed by atoms with Gasteiger partial charge in [0.05, 0.1) is 4.92 Å². The van der Waals surface area contributed by atoms with Crippen molar-refractivity contribution in [2.75, 3.05) is 5.73 Å². The van der Waals surface area contributed by atoms with E-state index in [-0.39, 0.29) is 0 Å². The first-order valence-corrected chi connectivity index (χ1v) is 3.32. The largest absolute Gasteiger partial charge is 0.384 e. The van der Waals surface area contributed by atoms with E-state index in [1.807, 2.05) is 0 Å². The van der Waals surface area contributed by atoms with Crippen molar-refractivity contribution in [3.05, 3.63) is 27.7 Å². The molecule has 0 amide bonds. The molecule has 1 heterocycles. The molecule has 5 nitrogen and oxygen atoms in total. The molecular formula is C6H4F3N3O2. The van der Waals surface area contributed by atoms with Gasteiger partial charge in [0.25, 0.3) is 6.43 Å². The van der Waals surface area contributed by atoms with Crippen LogP contribution in [0.4, 0.5) is 24.7 Å². The van der Waals surface area contributed by atoms with E-state index in [2.05, 4.69) is 4.98 Å². The second-order valence-electron chi connectivity index (χ2n) is 2.32. The Morgan fingerprint density at radius 2 is 2.14 bits per heavy atom. The minimum atomic E-state index is -3.24. The molecule has 0 fully saturated rings. The van der Waals surface area contributed by atoms with E-state index in [1.54, 1.807) is 0 Å². The third-order valence-corrected chi connectivity index (χ3v) is 1.38. The first kappa shape index (κ1) is 10.2. The van der Waals surface area contributed by atoms with Gasteiger partial charge in [-0.3, -0.25) is 10.1 Å². The van der Waals surface area contributed by atoms with Crippen molar-refractivity contribution in [1.82, 2.24) is 4.98 Å². The zero-order chi connectivity index (χ0) is 10.9. The lowest BCUT2D eigenvalue weighted by molar-refractivity contribution is -0.389. The number of hydrogen-bond donors (Lipinski definition) is 1. The first-order chi connectivity index (χ1) is 6.43. The van der Waals surface area contributed by atoms with Crippen molar-refractivity contribution < 1.29 is 18.1 Å². The van der Waals surface area contributed by atoms with E-state index in [9.17, 15) is 23.3 Å². The Balaban J connectivity index is 3.44. The van der Waals surface area contributed by atoms with Gasteiger partial charge in [-0.2, -0.15) is 4.39 Å². The van der Waals surface area contributed by atoms with Crippen molar-refractivity contribution in [3.63, 3.8) is 0 Å². The third kappa shape index (κ3) is 1.73. The summed E-state index contributed by atoms with van der Waals surface area (Å²) in [5.74, 6) is -1.94. The fourth-order valence-corrected chi connectivity index (χ4v) is 0.878. The van der Waals surface area contributed by atoms with Gasteiger partial charge in [-0.25, -0.2) is 13.8 Å². The summed E-state index contributed by atoms with van der Waals surface area (Å²) in [7, 11) is 0. The van der Waals surface area contributed by atoms with Crippen LogP contribution in [0.15, 0.2) is 6.07 Å². The van der Waals surface area contributed by atoms with E-state index >= 15 is 0 Å². The van der Waals surface area contributed by atoms with E-state index < -0.39 is 34.4 Å². The molecule has 0 spiro atoms. The minimum Gasteiger partial charge on any atom is -0.384 e. The lowest BCUT2D eigenvalue weighted by atomic mass is 10.3. The van der Waals surface area contributed by atoms with E-state index in [4.69, 9.17) is 5.73 Å². The summed E-state index contributed by atoms with van der Waals surface area (Å²) in [6, 6.07) is 0.518. The molecule has 0 radical (unpaired) electrons. The number of nitrogens with two attached hydrogens (primary N) is 1. The van der Waals surface area contributed by atoms with Gasteiger partial charge < -0.3 is 5.73 Å². The monoisotopic (exact) mass is 207 g/mol. The maximum Gasteiger partial charge on any atom is 0.332 e. The fourth-order valence-electron chi connectivity index (χ4n) is 0.878. The molecule has 1 rings (SSSR count). The summed E-state index contributed by atoms with van der Waals surface area (Å²) in [5.41, 5.74) is 2.36. The molecule has 8 heteroatoms. The van der Waals surface area contributed by atoms with Crippen LogP contribution >= 0.6 is 0 Å². The quantitative estimate of drug-likeness (QED) is 0.590. The van der Waals surface area contributed by atoms with Crippen LogP contribution in [0.2, 0.25) is 0 Å². The molecule has 0 aliphatic heterocycles. The molecule has 0 bridgehead atoms. The number of nitrogen functional groups attached to an aromatic ring is 1. The molecule has 0 saturated heterocycles. The number of alkyl halides is 2. The van der Waals surface area contributed by atoms with Crippen molar-refractivity contribution in [3.8, 4) is 0 Å². The highest BCUT2D eigenvalue weighted by molar-refractivity contribution is 5.44. The van der Waals surface area contributed by atoms with Gasteiger partial charge in [0.15, 0.2) is 5.69 Å². The van der Waals surface area contributed by atoms with E-state index in [0.29, 0.717) is 6.07 Å². The number of nitro groups is 1. The Hall–Kier alpha value is -1.86. The minimum absolute atomic E-state index is 0.518. The normalized spacial score (nSPS) is 10.6. The summed E-state index contributed by atoms with van der Waals surface area (Å²) in [4.78, 5) is 11.9. The van der Waals surface area contributed by atoms with Gasteiger partial charge in [0.1, 0.15) is 5.82 Å². The predicted molar refractivity (Wildman–Crippen MR) is 40.2 cm³/mol. The number of anilines is 1. The molecule has 2 N–H and O–H groups in total. The lowest BCUT2D eigenvalue weighted by Gasteiger charge is -2.02. The molecule has 1 aromatic heterocycles. The highest BCUT2D eigenvalue weighted by atomic mass is 19.3. The molecule has 0 aromatic carbocycles. The lowest BCUT2D eigenvalue weighted by Crippen LogP contribution is -2.05. The molecule has 76 valence electrons. The second kappa shape index (κ2) is 3.48. The van der Waals surface area contributed by atoms with Crippen LogP contribution in [0.3, 0.4) is 0 Å². The summed E-state index contributed by atoms with van der Waals surface area (Å²) < 4.78 is 37.1. The third-order valence-electron chi connectivity index (χ3n) is 1.38. The molecule has 0 saturated carbocycles. The fraction of sp³-hybridized carbons (Fsp3) is 0.167. The summed E-state index contributed by atoms with van der Waals surface area (Å²) in [5, 5.41) is 10.2. The zero-order valence-corrected chi connectivity index (χ0v) is 6.58. The average Bonchev–Trinajstić information content (AvgIpc) is 2.01. The Labute approximate surface area is 75.5 Å². The average molecular weight is 207 g/mol. The van der Waals surface area contributed by atoms with E-state index in [1.165, 1.54) is 0 Å². The van der Waals surface area contributed by atoms with Crippen molar-refractivity contribution in [2.24, 2.45) is 0 Å². The second-order valence-corrected chi connectivity index (χ2v) is 2.32. The smallest absolute Gasteiger partial charge is 0.332 e. The maximum atomic E-state index is 12.8. The summed E-state index contributed by atoms with van der Waals surface area (Å²) in [6.45, 7) is 0. The molecule has 0 aliphatic rings. The van der Waals surface area contributed by atoms with Crippen LogP contribution in [0.5, 0.6) is 0 Å². The van der Waals surface area contributed by atoms with Crippen LogP contribution in [0.1, 0.15) is 12.1 Å². The Bertz CT molecular complexity index is 383. The molecular weight excluding hydrogens is 203 g/mol. The van der Waals surface area contributed by atoms with Gasteiger partial charge in [-0.15, -0.1) is 0 Å². The van der Waals surface area contributed by atoms with Gasteiger partial charge >= 0.3 is 5.69 Å². The van der Waals surface area contributed by atoms with Crippen molar-refractivity contribution >= 4 is 11.5 Å². The number of halogens is 3. The van der Waals surface area contributed by atoms with Gasteiger partial charge in [0.2, 0.25) is 5.82 Å². The molecule has 0 unspecified atom stereocenters.